The van der Waals surface area contributed by atoms with Gasteiger partial charge in [-0.25, -0.2) is 9.78 Å². The van der Waals surface area contributed by atoms with Gasteiger partial charge in [-0.1, -0.05) is 18.2 Å². The molecule has 0 radical (unpaired) electrons. The van der Waals surface area contributed by atoms with Gasteiger partial charge in [-0.05, 0) is 30.7 Å². The molecule has 1 aliphatic rings. The average molecular weight is 255 g/mol. The largest absolute Gasteiger partial charge is 0.462 e. The third-order valence-corrected chi connectivity index (χ3v) is 2.96. The summed E-state index contributed by atoms with van der Waals surface area (Å²) >= 11 is 0. The predicted molar refractivity (Wildman–Crippen MR) is 69.5 cm³/mol. The predicted octanol–water partition coefficient (Wildman–Crippen LogP) is 2.90. The maximum Gasteiger partial charge on any atom is 0.343 e. The van der Waals surface area contributed by atoms with Crippen LogP contribution in [0.3, 0.4) is 0 Å². The number of carbonyl (C=O) groups is 1. The topological polar surface area (TPSA) is 48.4 Å². The molecule has 0 aliphatic carbocycles. The lowest BCUT2D eigenvalue weighted by atomic mass is 10.0. The van der Waals surface area contributed by atoms with Gasteiger partial charge in [0.2, 0.25) is 5.88 Å². The number of benzene rings is 1. The minimum Gasteiger partial charge on any atom is -0.462 e. The van der Waals surface area contributed by atoms with Crippen LogP contribution in [0.5, 0.6) is 11.6 Å². The summed E-state index contributed by atoms with van der Waals surface area (Å²) in [7, 11) is 0. The van der Waals surface area contributed by atoms with Gasteiger partial charge in [0.1, 0.15) is 11.3 Å². The normalized spacial score (nSPS) is 13.6. The van der Waals surface area contributed by atoms with Crippen molar-refractivity contribution in [2.24, 2.45) is 0 Å². The van der Waals surface area contributed by atoms with Crippen LogP contribution in [-0.4, -0.2) is 17.6 Å². The molecular weight excluding hydrogens is 242 g/mol. The number of rotatable bonds is 2. The van der Waals surface area contributed by atoms with Gasteiger partial charge in [0.05, 0.1) is 6.61 Å². The number of ether oxygens (including phenoxy) is 2. The van der Waals surface area contributed by atoms with Crippen molar-refractivity contribution in [1.29, 1.82) is 0 Å². The Morgan fingerprint density at radius 1 is 1.26 bits per heavy atom. The smallest absolute Gasteiger partial charge is 0.343 e. The first-order valence-corrected chi connectivity index (χ1v) is 6.14. The van der Waals surface area contributed by atoms with Crippen LogP contribution in [-0.2, 0) is 11.2 Å². The van der Waals surface area contributed by atoms with Crippen molar-refractivity contribution in [3.05, 3.63) is 53.2 Å². The highest BCUT2D eigenvalue weighted by Crippen LogP contribution is 2.29. The first kappa shape index (κ1) is 11.7. The van der Waals surface area contributed by atoms with Gasteiger partial charge < -0.3 is 9.47 Å². The maximum atomic E-state index is 11.9. The molecule has 0 bridgehead atoms. The van der Waals surface area contributed by atoms with Crippen LogP contribution in [0.1, 0.15) is 21.6 Å². The van der Waals surface area contributed by atoms with Crippen molar-refractivity contribution in [2.75, 3.05) is 6.61 Å². The van der Waals surface area contributed by atoms with Crippen LogP contribution < -0.4 is 4.74 Å². The number of hydrogen-bond donors (Lipinski definition) is 0. The lowest BCUT2D eigenvalue weighted by Gasteiger charge is -2.18. The Balaban J connectivity index is 2.05. The summed E-state index contributed by atoms with van der Waals surface area (Å²) in [5, 5.41) is 0. The van der Waals surface area contributed by atoms with Crippen LogP contribution in [0.4, 0.5) is 0 Å². The van der Waals surface area contributed by atoms with E-state index in [1.807, 2.05) is 43.3 Å². The molecule has 4 heteroatoms. The number of aryl methyl sites for hydroxylation is 1. The molecule has 1 aliphatic heterocycles. The van der Waals surface area contributed by atoms with Gasteiger partial charge >= 0.3 is 5.97 Å². The molecule has 1 aromatic heterocycles. The summed E-state index contributed by atoms with van der Waals surface area (Å²) in [4.78, 5) is 16.2. The molecule has 0 fully saturated rings. The highest BCUT2D eigenvalue weighted by Gasteiger charge is 2.25. The minimum absolute atomic E-state index is 0.325. The second-order valence-electron chi connectivity index (χ2n) is 4.40. The van der Waals surface area contributed by atoms with Crippen LogP contribution >= 0.6 is 0 Å². The standard InChI is InChI=1S/C15H13NO3/c1-10-9-11-7-8-18-15(17)13(11)14(16-10)19-12-5-3-2-4-6-12/h2-6,9H,7-8H2,1H3. The first-order chi connectivity index (χ1) is 9.24. The molecule has 0 unspecified atom stereocenters. The number of hydrogen-bond acceptors (Lipinski definition) is 4. The molecular formula is C15H13NO3. The Morgan fingerprint density at radius 2 is 2.05 bits per heavy atom. The fraction of sp³-hybridized carbons (Fsp3) is 0.200. The van der Waals surface area contributed by atoms with Gasteiger partial charge in [-0.3, -0.25) is 0 Å². The summed E-state index contributed by atoms with van der Waals surface area (Å²) in [6.45, 7) is 2.30. The molecule has 19 heavy (non-hydrogen) atoms. The summed E-state index contributed by atoms with van der Waals surface area (Å²) < 4.78 is 10.8. The number of para-hydroxylation sites is 1. The molecule has 0 saturated heterocycles. The number of pyridine rings is 1. The fourth-order valence-corrected chi connectivity index (χ4v) is 2.13. The van der Waals surface area contributed by atoms with Gasteiger partial charge in [0.15, 0.2) is 0 Å². The molecule has 96 valence electrons. The molecule has 3 rings (SSSR count). The minimum atomic E-state index is -0.361. The zero-order valence-electron chi connectivity index (χ0n) is 10.6. The lowest BCUT2D eigenvalue weighted by Crippen LogP contribution is -2.19. The van der Waals surface area contributed by atoms with E-state index < -0.39 is 0 Å². The summed E-state index contributed by atoms with van der Waals surface area (Å²) in [6.07, 6.45) is 0.704. The monoisotopic (exact) mass is 255 g/mol. The molecule has 2 heterocycles. The van der Waals surface area contributed by atoms with Gasteiger partial charge in [0, 0.05) is 12.1 Å². The van der Waals surface area contributed by atoms with Crippen molar-refractivity contribution >= 4 is 5.97 Å². The molecule has 0 spiro atoms. The fourth-order valence-electron chi connectivity index (χ4n) is 2.13. The highest BCUT2D eigenvalue weighted by atomic mass is 16.5. The maximum absolute atomic E-state index is 11.9. The second kappa shape index (κ2) is 4.72. The molecule has 0 atom stereocenters. The van der Waals surface area contributed by atoms with E-state index in [1.54, 1.807) is 0 Å². The average Bonchev–Trinajstić information content (AvgIpc) is 2.39. The van der Waals surface area contributed by atoms with E-state index >= 15 is 0 Å². The molecule has 0 amide bonds. The lowest BCUT2D eigenvalue weighted by molar-refractivity contribution is 0.0475. The second-order valence-corrected chi connectivity index (χ2v) is 4.40. The first-order valence-electron chi connectivity index (χ1n) is 6.14. The number of nitrogens with zero attached hydrogens (tertiary/aromatic N) is 1. The van der Waals surface area contributed by atoms with Crippen LogP contribution in [0.15, 0.2) is 36.4 Å². The number of esters is 1. The molecule has 0 saturated carbocycles. The summed E-state index contributed by atoms with van der Waals surface area (Å²) in [5.41, 5.74) is 2.22. The SMILES string of the molecule is Cc1cc2c(c(Oc3ccccc3)n1)C(=O)OCC2. The van der Waals surface area contributed by atoms with E-state index in [0.717, 1.165) is 11.3 Å². The zero-order valence-corrected chi connectivity index (χ0v) is 10.6. The van der Waals surface area contributed by atoms with Crippen molar-refractivity contribution in [3.8, 4) is 11.6 Å². The number of carbonyl (C=O) groups excluding carboxylic acids is 1. The van der Waals surface area contributed by atoms with E-state index in [-0.39, 0.29) is 5.97 Å². The number of aromatic nitrogens is 1. The van der Waals surface area contributed by atoms with Crippen molar-refractivity contribution in [1.82, 2.24) is 4.98 Å². The zero-order chi connectivity index (χ0) is 13.2. The Labute approximate surface area is 111 Å². The molecule has 4 nitrogen and oxygen atoms in total. The van der Waals surface area contributed by atoms with E-state index in [1.165, 1.54) is 0 Å². The van der Waals surface area contributed by atoms with Crippen LogP contribution in [0, 0.1) is 6.92 Å². The third-order valence-electron chi connectivity index (χ3n) is 2.96. The summed E-state index contributed by atoms with van der Waals surface area (Å²) in [6, 6.07) is 11.2. The van der Waals surface area contributed by atoms with E-state index in [2.05, 4.69) is 4.98 Å². The van der Waals surface area contributed by atoms with E-state index in [0.29, 0.717) is 30.2 Å². The Hall–Kier alpha value is -2.36. The molecule has 0 N–H and O–H groups in total. The quantitative estimate of drug-likeness (QED) is 0.774. The van der Waals surface area contributed by atoms with Crippen molar-refractivity contribution < 1.29 is 14.3 Å². The van der Waals surface area contributed by atoms with Gasteiger partial charge in [-0.2, -0.15) is 0 Å². The number of cyclic esters (lactones) is 1. The van der Waals surface area contributed by atoms with Crippen molar-refractivity contribution in [3.63, 3.8) is 0 Å². The van der Waals surface area contributed by atoms with E-state index in [9.17, 15) is 4.79 Å². The van der Waals surface area contributed by atoms with Crippen molar-refractivity contribution in [2.45, 2.75) is 13.3 Å². The Kier molecular flexibility index (Phi) is 2.91. The summed E-state index contributed by atoms with van der Waals surface area (Å²) in [5.74, 6) is 0.617. The Morgan fingerprint density at radius 3 is 2.84 bits per heavy atom. The number of fused-ring (bicyclic) bond motifs is 1. The Bertz CT molecular complexity index is 623. The molecule has 1 aromatic carbocycles. The molecule has 2 aromatic rings. The van der Waals surface area contributed by atoms with E-state index in [4.69, 9.17) is 9.47 Å². The van der Waals surface area contributed by atoms with Gasteiger partial charge in [0.25, 0.3) is 0 Å². The highest BCUT2D eigenvalue weighted by molar-refractivity contribution is 5.94. The third kappa shape index (κ3) is 2.29. The van der Waals surface area contributed by atoms with Crippen LogP contribution in [0.25, 0.3) is 0 Å². The van der Waals surface area contributed by atoms with Crippen LogP contribution in [0.2, 0.25) is 0 Å². The van der Waals surface area contributed by atoms with Gasteiger partial charge in [-0.15, -0.1) is 0 Å².